The van der Waals surface area contributed by atoms with Crippen LogP contribution in [0.2, 0.25) is 5.02 Å². The molecule has 0 aliphatic carbocycles. The number of halogens is 1. The predicted octanol–water partition coefficient (Wildman–Crippen LogP) is 7.16. The molecule has 0 radical (unpaired) electrons. The number of rotatable bonds is 9. The van der Waals surface area contributed by atoms with Crippen molar-refractivity contribution in [2.75, 3.05) is 6.54 Å². The largest absolute Gasteiger partial charge is 0.489 e. The molecule has 3 aromatic carbocycles. The number of hydrogen-bond donors (Lipinski definition) is 0. The van der Waals surface area contributed by atoms with Gasteiger partial charge in [0.25, 0.3) is 11.8 Å². The van der Waals surface area contributed by atoms with Crippen LogP contribution in [0, 0.1) is 11.3 Å². The number of amides is 2. The van der Waals surface area contributed by atoms with Crippen LogP contribution in [0.15, 0.2) is 102 Å². The summed E-state index contributed by atoms with van der Waals surface area (Å²) in [5, 5.41) is 15.3. The fraction of sp³-hybridized carbons (Fsp3) is 0.176. The molecule has 2 heterocycles. The standard InChI is InChI=1S/C34H29ClN4O3/c1-3-4-18-38-33(40)30(23(2)31(20-36)34(38)41)19-26-21-39(28-8-6-5-7-9-28)37-32(26)25-12-16-29(17-13-25)42-22-24-10-14-27(35)15-11-24/h5-17,19,21H,3-4,18,22H2,1-2H3/b30-19+. The summed E-state index contributed by atoms with van der Waals surface area (Å²) in [6.07, 6.45) is 5.05. The van der Waals surface area contributed by atoms with Gasteiger partial charge in [0.15, 0.2) is 0 Å². The monoisotopic (exact) mass is 576 g/mol. The third kappa shape index (κ3) is 6.04. The molecule has 1 aromatic heterocycles. The Hall–Kier alpha value is -4.93. The SMILES string of the molecule is CCCCN1C(=O)C(C#N)=C(C)/C(=C\c2cn(-c3ccccc3)nc2-c2ccc(OCc3ccc(Cl)cc3)cc2)C1=O. The summed E-state index contributed by atoms with van der Waals surface area (Å²) >= 11 is 5.98. The van der Waals surface area contributed by atoms with E-state index in [9.17, 15) is 14.9 Å². The number of nitriles is 1. The van der Waals surface area contributed by atoms with E-state index in [0.717, 1.165) is 23.2 Å². The Morgan fingerprint density at radius 1 is 0.976 bits per heavy atom. The number of hydrogen-bond acceptors (Lipinski definition) is 5. The molecule has 1 aliphatic heterocycles. The number of para-hydroxylation sites is 1. The van der Waals surface area contributed by atoms with Crippen molar-refractivity contribution in [2.45, 2.75) is 33.3 Å². The topological polar surface area (TPSA) is 88.2 Å². The van der Waals surface area contributed by atoms with Crippen molar-refractivity contribution < 1.29 is 14.3 Å². The predicted molar refractivity (Wildman–Crippen MR) is 163 cm³/mol. The molecule has 0 atom stereocenters. The normalized spacial score (nSPS) is 14.4. The maximum absolute atomic E-state index is 13.5. The summed E-state index contributed by atoms with van der Waals surface area (Å²) in [6, 6.07) is 26.8. The van der Waals surface area contributed by atoms with Crippen molar-refractivity contribution in [3.63, 3.8) is 0 Å². The number of aromatic nitrogens is 2. The van der Waals surface area contributed by atoms with Gasteiger partial charge in [0.2, 0.25) is 0 Å². The Morgan fingerprint density at radius 2 is 1.69 bits per heavy atom. The summed E-state index contributed by atoms with van der Waals surface area (Å²) in [4.78, 5) is 27.6. The van der Waals surface area contributed by atoms with Crippen LogP contribution in [0.5, 0.6) is 5.75 Å². The lowest BCUT2D eigenvalue weighted by Gasteiger charge is -2.27. The van der Waals surface area contributed by atoms with E-state index in [1.807, 2.05) is 98.1 Å². The van der Waals surface area contributed by atoms with E-state index in [2.05, 4.69) is 0 Å². The minimum Gasteiger partial charge on any atom is -0.489 e. The van der Waals surface area contributed by atoms with Gasteiger partial charge in [-0.15, -0.1) is 0 Å². The summed E-state index contributed by atoms with van der Waals surface area (Å²) < 4.78 is 7.71. The van der Waals surface area contributed by atoms with Crippen molar-refractivity contribution in [1.29, 1.82) is 5.26 Å². The fourth-order valence-corrected chi connectivity index (χ4v) is 4.82. The first-order valence-electron chi connectivity index (χ1n) is 13.7. The zero-order valence-electron chi connectivity index (χ0n) is 23.4. The van der Waals surface area contributed by atoms with Gasteiger partial charge in [-0.1, -0.05) is 55.3 Å². The highest BCUT2D eigenvalue weighted by Gasteiger charge is 2.35. The van der Waals surface area contributed by atoms with E-state index < -0.39 is 11.8 Å². The van der Waals surface area contributed by atoms with Crippen LogP contribution >= 0.6 is 11.6 Å². The highest BCUT2D eigenvalue weighted by atomic mass is 35.5. The summed E-state index contributed by atoms with van der Waals surface area (Å²) in [7, 11) is 0. The first-order chi connectivity index (χ1) is 20.4. The van der Waals surface area contributed by atoms with Gasteiger partial charge in [-0.3, -0.25) is 14.5 Å². The van der Waals surface area contributed by atoms with Crippen molar-refractivity contribution in [3.8, 4) is 28.8 Å². The van der Waals surface area contributed by atoms with Gasteiger partial charge in [-0.25, -0.2) is 4.68 Å². The molecule has 0 saturated carbocycles. The summed E-state index contributed by atoms with van der Waals surface area (Å²) in [6.45, 7) is 4.29. The second-order valence-electron chi connectivity index (χ2n) is 9.94. The molecule has 8 heteroatoms. The van der Waals surface area contributed by atoms with E-state index in [1.54, 1.807) is 17.7 Å². The summed E-state index contributed by atoms with van der Waals surface area (Å²) in [5.41, 5.74) is 4.65. The van der Waals surface area contributed by atoms with Gasteiger partial charge in [0, 0.05) is 34.5 Å². The van der Waals surface area contributed by atoms with Gasteiger partial charge < -0.3 is 4.74 Å². The lowest BCUT2D eigenvalue weighted by atomic mass is 9.93. The Labute approximate surface area is 249 Å². The van der Waals surface area contributed by atoms with Crippen molar-refractivity contribution >= 4 is 29.5 Å². The number of carbonyl (C=O) groups excluding carboxylic acids is 2. The van der Waals surface area contributed by atoms with Crippen molar-refractivity contribution in [1.82, 2.24) is 14.7 Å². The van der Waals surface area contributed by atoms with Gasteiger partial charge in [-0.05, 0) is 79.1 Å². The maximum Gasteiger partial charge on any atom is 0.271 e. The van der Waals surface area contributed by atoms with Gasteiger partial charge >= 0.3 is 0 Å². The maximum atomic E-state index is 13.5. The molecule has 7 nitrogen and oxygen atoms in total. The molecule has 0 fully saturated rings. The molecule has 0 unspecified atom stereocenters. The third-order valence-corrected chi connectivity index (χ3v) is 7.32. The number of unbranched alkanes of at least 4 members (excludes halogenated alkanes) is 1. The van der Waals surface area contributed by atoms with Gasteiger partial charge in [0.1, 0.15) is 24.0 Å². The Kier molecular flexibility index (Phi) is 8.66. The van der Waals surface area contributed by atoms with Crippen molar-refractivity contribution in [3.05, 3.63) is 118 Å². The smallest absolute Gasteiger partial charge is 0.271 e. The van der Waals surface area contributed by atoms with E-state index in [-0.39, 0.29) is 12.1 Å². The first-order valence-corrected chi connectivity index (χ1v) is 14.1. The van der Waals surface area contributed by atoms with Crippen LogP contribution in [0.4, 0.5) is 0 Å². The molecule has 1 aliphatic rings. The lowest BCUT2D eigenvalue weighted by Crippen LogP contribution is -2.43. The molecular formula is C34H29ClN4O3. The zero-order chi connectivity index (χ0) is 29.6. The Bertz CT molecular complexity index is 1710. The molecule has 210 valence electrons. The first kappa shape index (κ1) is 28.6. The van der Waals surface area contributed by atoms with E-state index >= 15 is 0 Å². The second kappa shape index (κ2) is 12.7. The molecule has 42 heavy (non-hydrogen) atoms. The van der Waals surface area contributed by atoms with Gasteiger partial charge in [0.05, 0.1) is 11.4 Å². The molecule has 0 bridgehead atoms. The van der Waals surface area contributed by atoms with E-state index in [0.29, 0.717) is 46.2 Å². The Balaban J connectivity index is 1.53. The Morgan fingerprint density at radius 3 is 2.36 bits per heavy atom. The average molecular weight is 577 g/mol. The van der Waals surface area contributed by atoms with E-state index in [1.165, 1.54) is 4.90 Å². The van der Waals surface area contributed by atoms with Crippen LogP contribution in [-0.2, 0) is 16.2 Å². The summed E-state index contributed by atoms with van der Waals surface area (Å²) in [5.74, 6) is -0.254. The molecule has 0 saturated heterocycles. The lowest BCUT2D eigenvalue weighted by molar-refractivity contribution is -0.140. The average Bonchev–Trinajstić information content (AvgIpc) is 3.44. The minimum atomic E-state index is -0.542. The van der Waals surface area contributed by atoms with E-state index in [4.69, 9.17) is 21.4 Å². The molecular weight excluding hydrogens is 548 g/mol. The number of benzene rings is 3. The minimum absolute atomic E-state index is 0.0175. The highest BCUT2D eigenvalue weighted by molar-refractivity contribution is 6.30. The zero-order valence-corrected chi connectivity index (χ0v) is 24.1. The third-order valence-electron chi connectivity index (χ3n) is 7.07. The van der Waals surface area contributed by atoms with Crippen LogP contribution in [-0.4, -0.2) is 33.0 Å². The molecule has 0 N–H and O–H groups in total. The van der Waals surface area contributed by atoms with Crippen LogP contribution in [0.1, 0.15) is 37.8 Å². The highest BCUT2D eigenvalue weighted by Crippen LogP contribution is 2.32. The van der Waals surface area contributed by atoms with Crippen molar-refractivity contribution in [2.24, 2.45) is 0 Å². The fourth-order valence-electron chi connectivity index (χ4n) is 4.69. The molecule has 0 spiro atoms. The second-order valence-corrected chi connectivity index (χ2v) is 10.4. The van der Waals surface area contributed by atoms with Crippen LogP contribution in [0.3, 0.4) is 0 Å². The van der Waals surface area contributed by atoms with Crippen LogP contribution in [0.25, 0.3) is 23.0 Å². The quantitative estimate of drug-likeness (QED) is 0.156. The molecule has 5 rings (SSSR count). The van der Waals surface area contributed by atoms with Gasteiger partial charge in [-0.2, -0.15) is 10.4 Å². The number of nitrogens with zero attached hydrogens (tertiary/aromatic N) is 4. The number of ether oxygens (including phenoxy) is 1. The number of carbonyl (C=O) groups is 2. The molecule has 4 aromatic rings. The molecule has 2 amide bonds. The van der Waals surface area contributed by atoms with Crippen LogP contribution < -0.4 is 4.74 Å². The number of imide groups is 1.